The molecule has 0 aliphatic carbocycles. The third kappa shape index (κ3) is 5.60. The first-order valence-electron chi connectivity index (χ1n) is 9.29. The first kappa shape index (κ1) is 23.2. The number of hydrogen-bond donors (Lipinski definition) is 1. The molecule has 0 atom stereocenters. The molecule has 1 N–H and O–H groups in total. The van der Waals surface area contributed by atoms with Gasteiger partial charge in [0, 0.05) is 28.9 Å². The van der Waals surface area contributed by atoms with Gasteiger partial charge in [-0.15, -0.1) is 0 Å². The zero-order valence-electron chi connectivity index (χ0n) is 16.9. The first-order valence-corrected chi connectivity index (χ1v) is 11.8. The number of para-hydroxylation sites is 1. The van der Waals surface area contributed by atoms with Gasteiger partial charge >= 0.3 is 10.2 Å². The van der Waals surface area contributed by atoms with E-state index in [0.29, 0.717) is 16.8 Å². The Morgan fingerprint density at radius 3 is 2.16 bits per heavy atom. The molecule has 162 valence electrons. The minimum Gasteiger partial charge on any atom is -0.322 e. The van der Waals surface area contributed by atoms with Crippen molar-refractivity contribution in [1.29, 1.82) is 0 Å². The number of amides is 1. The quantitative estimate of drug-likeness (QED) is 0.439. The number of carbonyl (C=O) groups excluding carboxylic acids is 1. The van der Waals surface area contributed by atoms with E-state index in [2.05, 4.69) is 27.9 Å². The molecule has 3 aromatic carbocycles. The maximum absolute atomic E-state index is 14.4. The van der Waals surface area contributed by atoms with Crippen molar-refractivity contribution in [3.63, 3.8) is 0 Å². The second-order valence-electron chi connectivity index (χ2n) is 6.91. The topological polar surface area (TPSA) is 69.7 Å². The lowest BCUT2D eigenvalue weighted by Gasteiger charge is -2.27. The first-order chi connectivity index (χ1) is 14.7. The van der Waals surface area contributed by atoms with E-state index in [4.69, 9.17) is 0 Å². The van der Waals surface area contributed by atoms with Crippen LogP contribution in [0.5, 0.6) is 0 Å². The number of rotatable bonds is 7. The minimum atomic E-state index is -3.94. The number of nitrogens with zero attached hydrogens (tertiary/aromatic N) is 2. The monoisotopic (exact) mass is 553 g/mol. The van der Waals surface area contributed by atoms with Crippen molar-refractivity contribution >= 4 is 50.1 Å². The number of carbonyl (C=O) groups is 1. The molecule has 3 aromatic rings. The fourth-order valence-electron chi connectivity index (χ4n) is 2.81. The van der Waals surface area contributed by atoms with E-state index in [0.717, 1.165) is 12.2 Å². The molecule has 0 fully saturated rings. The molecule has 0 saturated carbocycles. The summed E-state index contributed by atoms with van der Waals surface area (Å²) in [5.74, 6) is -0.916. The minimum absolute atomic E-state index is 0.0447. The smallest absolute Gasteiger partial charge is 0.303 e. The highest BCUT2D eigenvalue weighted by Crippen LogP contribution is 2.25. The molecular weight excluding hydrogens is 532 g/mol. The van der Waals surface area contributed by atoms with Crippen molar-refractivity contribution in [2.45, 2.75) is 6.54 Å². The maximum atomic E-state index is 14.4. The lowest BCUT2D eigenvalue weighted by Crippen LogP contribution is -2.40. The second kappa shape index (κ2) is 9.75. The Bertz CT molecular complexity index is 1170. The summed E-state index contributed by atoms with van der Waals surface area (Å²) in [4.78, 5) is 12.5. The van der Waals surface area contributed by atoms with Crippen LogP contribution in [0.15, 0.2) is 72.8 Å². The summed E-state index contributed by atoms with van der Waals surface area (Å²) in [5, 5.41) is 2.81. The summed E-state index contributed by atoms with van der Waals surface area (Å²) >= 11 is 2.18. The fourth-order valence-corrected chi connectivity index (χ4v) is 4.27. The van der Waals surface area contributed by atoms with Gasteiger partial charge in [-0.1, -0.05) is 24.3 Å². The molecule has 0 saturated heterocycles. The molecule has 0 unspecified atom stereocenters. The van der Waals surface area contributed by atoms with Crippen LogP contribution in [0.3, 0.4) is 0 Å². The SMILES string of the molecule is CN(C)S(=O)(=O)N(Cc1ccc(C(=O)Nc2ccc(I)cc2)cc1)c1ccccc1F. The van der Waals surface area contributed by atoms with Crippen molar-refractivity contribution in [3.8, 4) is 0 Å². The van der Waals surface area contributed by atoms with Gasteiger partial charge in [0.2, 0.25) is 0 Å². The lowest BCUT2D eigenvalue weighted by atomic mass is 10.1. The maximum Gasteiger partial charge on any atom is 0.303 e. The van der Waals surface area contributed by atoms with Crippen molar-refractivity contribution in [3.05, 3.63) is 93.3 Å². The Morgan fingerprint density at radius 2 is 1.58 bits per heavy atom. The normalized spacial score (nSPS) is 11.4. The number of nitrogens with one attached hydrogen (secondary N) is 1. The van der Waals surface area contributed by atoms with Gasteiger partial charge in [0.05, 0.1) is 12.2 Å². The molecule has 0 radical (unpaired) electrons. The highest BCUT2D eigenvalue weighted by molar-refractivity contribution is 14.1. The van der Waals surface area contributed by atoms with Gasteiger partial charge < -0.3 is 5.32 Å². The van der Waals surface area contributed by atoms with Crippen LogP contribution >= 0.6 is 22.6 Å². The molecule has 9 heteroatoms. The summed E-state index contributed by atoms with van der Waals surface area (Å²) in [6.07, 6.45) is 0. The molecule has 0 aliphatic rings. The summed E-state index contributed by atoms with van der Waals surface area (Å²) in [5.41, 5.74) is 1.67. The largest absolute Gasteiger partial charge is 0.322 e. The Morgan fingerprint density at radius 1 is 0.968 bits per heavy atom. The fraction of sp³-hybridized carbons (Fsp3) is 0.136. The molecule has 0 heterocycles. The van der Waals surface area contributed by atoms with E-state index >= 15 is 0 Å². The van der Waals surface area contributed by atoms with Crippen molar-refractivity contribution in [2.24, 2.45) is 0 Å². The van der Waals surface area contributed by atoms with Gasteiger partial charge in [-0.2, -0.15) is 12.7 Å². The third-order valence-electron chi connectivity index (χ3n) is 4.51. The molecule has 0 spiro atoms. The van der Waals surface area contributed by atoms with Crippen LogP contribution in [0.2, 0.25) is 0 Å². The molecule has 31 heavy (non-hydrogen) atoms. The van der Waals surface area contributed by atoms with E-state index in [9.17, 15) is 17.6 Å². The summed E-state index contributed by atoms with van der Waals surface area (Å²) in [6, 6.07) is 19.6. The van der Waals surface area contributed by atoms with Gasteiger partial charge in [-0.25, -0.2) is 4.39 Å². The van der Waals surface area contributed by atoms with Crippen LogP contribution in [0.4, 0.5) is 15.8 Å². The number of benzene rings is 3. The third-order valence-corrected chi connectivity index (χ3v) is 7.03. The zero-order chi connectivity index (χ0) is 22.6. The second-order valence-corrected chi connectivity index (χ2v) is 10.2. The summed E-state index contributed by atoms with van der Waals surface area (Å²) in [7, 11) is -1.16. The van der Waals surface area contributed by atoms with Gasteiger partial charge in [-0.3, -0.25) is 9.10 Å². The standard InChI is InChI=1S/C22H21FIN3O3S/c1-26(2)31(29,30)27(21-6-4-3-5-20(21)23)15-16-7-9-17(10-8-16)22(28)25-19-13-11-18(24)12-14-19/h3-14H,15H2,1-2H3,(H,25,28). The molecule has 0 aliphatic heterocycles. The predicted octanol–water partition coefficient (Wildman–Crippen LogP) is 4.50. The van der Waals surface area contributed by atoms with Crippen molar-refractivity contribution in [2.75, 3.05) is 23.7 Å². The molecule has 3 rings (SSSR count). The van der Waals surface area contributed by atoms with E-state index < -0.39 is 16.0 Å². The molecule has 0 bridgehead atoms. The van der Waals surface area contributed by atoms with E-state index in [1.165, 1.54) is 32.3 Å². The number of hydrogen-bond acceptors (Lipinski definition) is 3. The summed E-state index contributed by atoms with van der Waals surface area (Å²) in [6.45, 7) is -0.0829. The molecule has 6 nitrogen and oxygen atoms in total. The van der Waals surface area contributed by atoms with E-state index in [-0.39, 0.29) is 18.1 Å². The average molecular weight is 553 g/mol. The van der Waals surface area contributed by atoms with Gasteiger partial charge in [0.1, 0.15) is 5.82 Å². The van der Waals surface area contributed by atoms with Crippen LogP contribution < -0.4 is 9.62 Å². The Hall–Kier alpha value is -2.50. The Balaban J connectivity index is 1.82. The zero-order valence-corrected chi connectivity index (χ0v) is 19.9. The van der Waals surface area contributed by atoms with Crippen LogP contribution in [0.1, 0.15) is 15.9 Å². The van der Waals surface area contributed by atoms with E-state index in [1.807, 2.05) is 24.3 Å². The summed E-state index contributed by atoms with van der Waals surface area (Å²) < 4.78 is 43.1. The predicted molar refractivity (Wildman–Crippen MR) is 129 cm³/mol. The van der Waals surface area contributed by atoms with Crippen LogP contribution in [-0.4, -0.2) is 32.7 Å². The molecule has 0 aromatic heterocycles. The van der Waals surface area contributed by atoms with Crippen LogP contribution in [-0.2, 0) is 16.8 Å². The van der Waals surface area contributed by atoms with Crippen LogP contribution in [0, 0.1) is 9.39 Å². The average Bonchev–Trinajstić information content (AvgIpc) is 2.74. The highest BCUT2D eigenvalue weighted by atomic mass is 127. The Labute approximate surface area is 195 Å². The van der Waals surface area contributed by atoms with Crippen LogP contribution in [0.25, 0.3) is 0 Å². The van der Waals surface area contributed by atoms with Crippen molar-refractivity contribution in [1.82, 2.24) is 4.31 Å². The van der Waals surface area contributed by atoms with Gasteiger partial charge in [0.25, 0.3) is 5.91 Å². The van der Waals surface area contributed by atoms with E-state index in [1.54, 1.807) is 30.3 Å². The van der Waals surface area contributed by atoms with Crippen molar-refractivity contribution < 1.29 is 17.6 Å². The Kier molecular flexibility index (Phi) is 7.29. The lowest BCUT2D eigenvalue weighted by molar-refractivity contribution is 0.102. The van der Waals surface area contributed by atoms with Gasteiger partial charge in [-0.05, 0) is 76.7 Å². The number of halogens is 2. The molecule has 1 amide bonds. The van der Waals surface area contributed by atoms with Gasteiger partial charge in [0.15, 0.2) is 0 Å². The highest BCUT2D eigenvalue weighted by Gasteiger charge is 2.27. The molecular formula is C22H21FIN3O3S. The number of anilines is 2.